The fourth-order valence-corrected chi connectivity index (χ4v) is 1.51. The molecule has 1 aromatic heterocycles. The Balaban J connectivity index is 2.58. The van der Waals surface area contributed by atoms with Gasteiger partial charge in [-0.3, -0.25) is 0 Å². The summed E-state index contributed by atoms with van der Waals surface area (Å²) in [5, 5.41) is 13.2. The monoisotopic (exact) mass is 224 g/mol. The molecule has 0 radical (unpaired) electrons. The normalized spacial score (nSPS) is 10.5. The first kappa shape index (κ1) is 9.86. The van der Waals surface area contributed by atoms with Gasteiger partial charge < -0.3 is 15.4 Å². The van der Waals surface area contributed by atoms with Crippen LogP contribution in [0.1, 0.15) is 5.56 Å². The molecule has 3 N–H and O–H groups in total. The SMILES string of the molecule is Cc1cc(O)c(Cl)cc1-c1cc(N)no1. The van der Waals surface area contributed by atoms with Gasteiger partial charge in [0.05, 0.1) is 5.02 Å². The van der Waals surface area contributed by atoms with E-state index in [9.17, 15) is 5.11 Å². The molecule has 5 heteroatoms. The van der Waals surface area contributed by atoms with Gasteiger partial charge in [-0.2, -0.15) is 0 Å². The maximum Gasteiger partial charge on any atom is 0.169 e. The maximum atomic E-state index is 9.37. The summed E-state index contributed by atoms with van der Waals surface area (Å²) < 4.78 is 5.01. The first-order chi connectivity index (χ1) is 7.08. The Kier molecular flexibility index (Phi) is 2.28. The number of halogens is 1. The highest BCUT2D eigenvalue weighted by molar-refractivity contribution is 6.32. The zero-order chi connectivity index (χ0) is 11.0. The smallest absolute Gasteiger partial charge is 0.169 e. The number of phenols is 1. The van der Waals surface area contributed by atoms with Crippen LogP contribution in [0.2, 0.25) is 5.02 Å². The Morgan fingerprint density at radius 3 is 2.73 bits per heavy atom. The average Bonchev–Trinajstić information content (AvgIpc) is 2.58. The van der Waals surface area contributed by atoms with Gasteiger partial charge in [0, 0.05) is 11.6 Å². The van der Waals surface area contributed by atoms with Crippen molar-refractivity contribution in [3.63, 3.8) is 0 Å². The second kappa shape index (κ2) is 3.47. The summed E-state index contributed by atoms with van der Waals surface area (Å²) in [6, 6.07) is 4.79. The van der Waals surface area contributed by atoms with E-state index in [1.54, 1.807) is 18.2 Å². The minimum Gasteiger partial charge on any atom is -0.506 e. The number of benzene rings is 1. The van der Waals surface area contributed by atoms with Crippen molar-refractivity contribution in [3.05, 3.63) is 28.8 Å². The number of nitrogens with zero attached hydrogens (tertiary/aromatic N) is 1. The molecule has 0 fully saturated rings. The van der Waals surface area contributed by atoms with Crippen molar-refractivity contribution in [1.82, 2.24) is 5.16 Å². The number of nitrogen functional groups attached to an aromatic ring is 1. The third kappa shape index (κ3) is 1.76. The number of aromatic hydroxyl groups is 1. The van der Waals surface area contributed by atoms with Gasteiger partial charge in [0.25, 0.3) is 0 Å². The lowest BCUT2D eigenvalue weighted by molar-refractivity contribution is 0.435. The molecule has 0 unspecified atom stereocenters. The summed E-state index contributed by atoms with van der Waals surface area (Å²) in [5.41, 5.74) is 7.05. The molecule has 0 saturated carbocycles. The van der Waals surface area contributed by atoms with E-state index in [0.29, 0.717) is 11.6 Å². The molecule has 0 aliphatic rings. The number of nitrogens with two attached hydrogens (primary N) is 1. The molecule has 15 heavy (non-hydrogen) atoms. The minimum atomic E-state index is 0.0467. The van der Waals surface area contributed by atoms with Crippen molar-refractivity contribution in [2.75, 3.05) is 5.73 Å². The average molecular weight is 225 g/mol. The van der Waals surface area contributed by atoms with E-state index in [1.165, 1.54) is 0 Å². The first-order valence-corrected chi connectivity index (χ1v) is 4.67. The fraction of sp³-hybridized carbons (Fsp3) is 0.100. The standard InChI is InChI=1S/C10H9ClN2O2/c1-5-2-8(14)7(11)3-6(5)9-4-10(12)13-15-9/h2-4,14H,1H3,(H2,12,13). The molecule has 1 heterocycles. The molecule has 0 spiro atoms. The molecule has 78 valence electrons. The zero-order valence-corrected chi connectivity index (χ0v) is 8.75. The van der Waals surface area contributed by atoms with Gasteiger partial charge in [-0.25, -0.2) is 0 Å². The van der Waals surface area contributed by atoms with E-state index in [-0.39, 0.29) is 10.8 Å². The van der Waals surface area contributed by atoms with Crippen molar-refractivity contribution in [3.8, 4) is 17.1 Å². The van der Waals surface area contributed by atoms with E-state index in [4.69, 9.17) is 21.9 Å². The summed E-state index contributed by atoms with van der Waals surface area (Å²) in [6.45, 7) is 1.84. The topological polar surface area (TPSA) is 72.3 Å². The van der Waals surface area contributed by atoms with E-state index in [1.807, 2.05) is 6.92 Å². The van der Waals surface area contributed by atoms with Crippen molar-refractivity contribution in [2.45, 2.75) is 6.92 Å². The van der Waals surface area contributed by atoms with E-state index < -0.39 is 0 Å². The number of hydrogen-bond donors (Lipinski definition) is 2. The zero-order valence-electron chi connectivity index (χ0n) is 7.99. The highest BCUT2D eigenvalue weighted by atomic mass is 35.5. The maximum absolute atomic E-state index is 9.37. The van der Waals surface area contributed by atoms with E-state index >= 15 is 0 Å². The molecule has 0 bridgehead atoms. The van der Waals surface area contributed by atoms with Gasteiger partial charge in [0.2, 0.25) is 0 Å². The van der Waals surface area contributed by atoms with E-state index in [0.717, 1.165) is 11.1 Å². The molecule has 0 amide bonds. The molecule has 0 saturated heterocycles. The number of aryl methyl sites for hydroxylation is 1. The predicted molar refractivity (Wildman–Crippen MR) is 57.8 cm³/mol. The number of hydrogen-bond acceptors (Lipinski definition) is 4. The summed E-state index contributed by atoms with van der Waals surface area (Å²) >= 11 is 5.80. The fourth-order valence-electron chi connectivity index (χ4n) is 1.35. The van der Waals surface area contributed by atoms with Crippen molar-refractivity contribution >= 4 is 17.4 Å². The van der Waals surface area contributed by atoms with Gasteiger partial charge in [0.15, 0.2) is 11.6 Å². The third-order valence-electron chi connectivity index (χ3n) is 2.09. The number of phenolic OH excluding ortho intramolecular Hbond substituents is 1. The van der Waals surface area contributed by atoms with Crippen molar-refractivity contribution in [1.29, 1.82) is 0 Å². The quantitative estimate of drug-likeness (QED) is 0.781. The number of rotatable bonds is 1. The molecule has 1 aromatic carbocycles. The molecule has 2 rings (SSSR count). The lowest BCUT2D eigenvalue weighted by Crippen LogP contribution is -1.82. The van der Waals surface area contributed by atoms with Crippen LogP contribution in [0.4, 0.5) is 5.82 Å². The van der Waals surface area contributed by atoms with Crippen molar-refractivity contribution in [2.24, 2.45) is 0 Å². The Morgan fingerprint density at radius 2 is 2.13 bits per heavy atom. The lowest BCUT2D eigenvalue weighted by atomic mass is 10.1. The first-order valence-electron chi connectivity index (χ1n) is 4.29. The summed E-state index contributed by atoms with van der Waals surface area (Å²) in [6.07, 6.45) is 0. The molecular weight excluding hydrogens is 216 g/mol. The lowest BCUT2D eigenvalue weighted by Gasteiger charge is -2.03. The molecule has 4 nitrogen and oxygen atoms in total. The number of aromatic nitrogens is 1. The van der Waals surface area contributed by atoms with E-state index in [2.05, 4.69) is 5.16 Å². The van der Waals surface area contributed by atoms with Crippen LogP contribution < -0.4 is 5.73 Å². The molecule has 0 aliphatic carbocycles. The molecule has 0 atom stereocenters. The van der Waals surface area contributed by atoms with Gasteiger partial charge in [-0.15, -0.1) is 0 Å². The Hall–Kier alpha value is -1.68. The highest BCUT2D eigenvalue weighted by Gasteiger charge is 2.11. The van der Waals surface area contributed by atoms with Gasteiger partial charge in [0.1, 0.15) is 5.75 Å². The van der Waals surface area contributed by atoms with Crippen LogP contribution in [0.5, 0.6) is 5.75 Å². The molecular formula is C10H9ClN2O2. The van der Waals surface area contributed by atoms with Crippen LogP contribution >= 0.6 is 11.6 Å². The van der Waals surface area contributed by atoms with Gasteiger partial charge in [-0.1, -0.05) is 16.8 Å². The Bertz CT molecular complexity index is 508. The summed E-state index contributed by atoms with van der Waals surface area (Å²) in [5.74, 6) is 0.894. The van der Waals surface area contributed by atoms with Crippen LogP contribution in [0, 0.1) is 6.92 Å². The van der Waals surface area contributed by atoms with Crippen LogP contribution in [0.15, 0.2) is 22.7 Å². The Morgan fingerprint density at radius 1 is 1.40 bits per heavy atom. The largest absolute Gasteiger partial charge is 0.506 e. The second-order valence-electron chi connectivity index (χ2n) is 3.23. The minimum absolute atomic E-state index is 0.0467. The van der Waals surface area contributed by atoms with Gasteiger partial charge >= 0.3 is 0 Å². The van der Waals surface area contributed by atoms with Crippen LogP contribution in [-0.4, -0.2) is 10.3 Å². The predicted octanol–water partition coefficient (Wildman–Crippen LogP) is 2.59. The third-order valence-corrected chi connectivity index (χ3v) is 2.39. The van der Waals surface area contributed by atoms with Crippen LogP contribution in [0.25, 0.3) is 11.3 Å². The molecule has 0 aliphatic heterocycles. The highest BCUT2D eigenvalue weighted by Crippen LogP contribution is 2.33. The molecule has 2 aromatic rings. The Labute approximate surface area is 91.3 Å². The van der Waals surface area contributed by atoms with Crippen molar-refractivity contribution < 1.29 is 9.63 Å². The van der Waals surface area contributed by atoms with Crippen LogP contribution in [0.3, 0.4) is 0 Å². The van der Waals surface area contributed by atoms with Gasteiger partial charge in [-0.05, 0) is 24.6 Å². The summed E-state index contributed by atoms with van der Waals surface area (Å²) in [4.78, 5) is 0. The van der Waals surface area contributed by atoms with Crippen LogP contribution in [-0.2, 0) is 0 Å². The summed E-state index contributed by atoms with van der Waals surface area (Å²) in [7, 11) is 0. The second-order valence-corrected chi connectivity index (χ2v) is 3.64. The number of anilines is 1.